The van der Waals surface area contributed by atoms with Gasteiger partial charge in [-0.3, -0.25) is 19.9 Å². The third kappa shape index (κ3) is 21.4. The maximum atomic E-state index is 5.76. The summed E-state index contributed by atoms with van der Waals surface area (Å²) in [5.74, 6) is 4.07. The van der Waals surface area contributed by atoms with Gasteiger partial charge in [0.1, 0.15) is 40.3 Å². The van der Waals surface area contributed by atoms with Crippen molar-refractivity contribution in [3.05, 3.63) is 265 Å². The molecule has 0 amide bonds. The molecule has 0 unspecified atom stereocenters. The molecule has 88 heavy (non-hydrogen) atoms. The van der Waals surface area contributed by atoms with E-state index in [4.69, 9.17) is 4.42 Å². The van der Waals surface area contributed by atoms with Crippen LogP contribution in [-0.2, 0) is 0 Å². The Bertz CT molecular complexity index is 4020. The van der Waals surface area contributed by atoms with Crippen LogP contribution in [0.3, 0.4) is 0 Å². The van der Waals surface area contributed by atoms with Gasteiger partial charge in [-0.2, -0.15) is 0 Å². The molecule has 0 aliphatic rings. The van der Waals surface area contributed by atoms with Crippen molar-refractivity contribution in [2.24, 2.45) is 0 Å². The highest BCUT2D eigenvalue weighted by Gasteiger charge is 2.07. The van der Waals surface area contributed by atoms with Crippen LogP contribution in [0, 0.1) is 145 Å². The number of pyridine rings is 4. The molecule has 8 heterocycles. The fraction of sp³-hybridized carbons (Fsp3) is 0.276. The lowest BCUT2D eigenvalue weighted by Crippen LogP contribution is -1.97. The van der Waals surface area contributed by atoms with E-state index in [9.17, 15) is 0 Å². The summed E-state index contributed by atoms with van der Waals surface area (Å²) >= 11 is 0. The summed E-state index contributed by atoms with van der Waals surface area (Å²) < 4.78 is 5.76. The smallest absolute Gasteiger partial charge is 0.135 e. The molecule has 0 atom stereocenters. The Balaban J connectivity index is 0.000000162. The van der Waals surface area contributed by atoms with Crippen molar-refractivity contribution in [1.29, 1.82) is 0 Å². The Morgan fingerprint density at radius 3 is 1.15 bits per heavy atom. The van der Waals surface area contributed by atoms with Crippen LogP contribution in [0.1, 0.15) is 119 Å². The second kappa shape index (κ2) is 31.7. The van der Waals surface area contributed by atoms with Gasteiger partial charge < -0.3 is 4.42 Å². The summed E-state index contributed by atoms with van der Waals surface area (Å²) in [6.07, 6.45) is 1.93. The predicted octanol–water partition coefficient (Wildman–Crippen LogP) is 18.7. The highest BCUT2D eigenvalue weighted by molar-refractivity contribution is 6.05. The van der Waals surface area contributed by atoms with Crippen molar-refractivity contribution in [2.75, 3.05) is 0 Å². The largest absolute Gasteiger partial charge is 0.456 e. The molecular formula is C76H87N11O. The van der Waals surface area contributed by atoms with Gasteiger partial charge in [0, 0.05) is 84.4 Å². The number of aryl methyl sites for hydroxylation is 21. The van der Waals surface area contributed by atoms with E-state index in [1.807, 2.05) is 146 Å². The van der Waals surface area contributed by atoms with Crippen LogP contribution >= 0.6 is 0 Å². The van der Waals surface area contributed by atoms with E-state index in [0.717, 1.165) is 108 Å². The van der Waals surface area contributed by atoms with Crippen molar-refractivity contribution in [1.82, 2.24) is 54.8 Å². The number of furan rings is 1. The number of fused-ring (bicyclic) bond motifs is 6. The lowest BCUT2D eigenvalue weighted by atomic mass is 10.1. The molecule has 0 fully saturated rings. The van der Waals surface area contributed by atoms with E-state index in [1.54, 1.807) is 0 Å². The number of nitrogens with zero attached hydrogens (tertiary/aromatic N) is 11. The van der Waals surface area contributed by atoms with Crippen LogP contribution < -0.4 is 0 Å². The van der Waals surface area contributed by atoms with Gasteiger partial charge >= 0.3 is 0 Å². The van der Waals surface area contributed by atoms with Gasteiger partial charge in [0.2, 0.25) is 0 Å². The average Bonchev–Trinajstić information content (AvgIpc) is 1.76. The van der Waals surface area contributed by atoms with Crippen molar-refractivity contribution < 1.29 is 4.42 Å². The van der Waals surface area contributed by atoms with Gasteiger partial charge in [0.25, 0.3) is 0 Å². The molecule has 0 bridgehead atoms. The third-order valence-electron chi connectivity index (χ3n) is 13.6. The highest BCUT2D eigenvalue weighted by atomic mass is 16.3. The molecule has 8 aromatic heterocycles. The summed E-state index contributed by atoms with van der Waals surface area (Å²) in [6.45, 7) is 42.2. The molecule has 5 aromatic carbocycles. The quantitative estimate of drug-likeness (QED) is 0.142. The van der Waals surface area contributed by atoms with Gasteiger partial charge in [0.05, 0.1) is 11.0 Å². The van der Waals surface area contributed by atoms with Crippen molar-refractivity contribution in [3.8, 4) is 0 Å². The van der Waals surface area contributed by atoms with Crippen LogP contribution in [0.25, 0.3) is 54.5 Å². The minimum atomic E-state index is 0.792. The molecule has 0 spiro atoms. The number of aromatic nitrogens is 11. The molecule has 0 saturated carbocycles. The molecule has 0 radical (unpaired) electrons. The molecular weight excluding hydrogens is 1080 g/mol. The topological polar surface area (TPSA) is 155 Å². The van der Waals surface area contributed by atoms with Gasteiger partial charge in [-0.25, -0.2) is 34.9 Å². The molecule has 0 aliphatic carbocycles. The number of rotatable bonds is 0. The Labute approximate surface area is 521 Å². The lowest BCUT2D eigenvalue weighted by Gasteiger charge is -2.03. The maximum Gasteiger partial charge on any atom is 0.135 e. The summed E-state index contributed by atoms with van der Waals surface area (Å²) in [7, 11) is 0. The first-order valence-electron chi connectivity index (χ1n) is 29.7. The molecule has 13 rings (SSSR count). The van der Waals surface area contributed by atoms with Gasteiger partial charge in [-0.05, 0) is 259 Å². The molecule has 12 nitrogen and oxygen atoms in total. The number of benzene rings is 5. The van der Waals surface area contributed by atoms with Crippen LogP contribution in [0.2, 0.25) is 0 Å². The van der Waals surface area contributed by atoms with Crippen LogP contribution in [0.15, 0.2) is 150 Å². The Morgan fingerprint density at radius 2 is 0.659 bits per heavy atom. The summed E-state index contributed by atoms with van der Waals surface area (Å²) in [6, 6.07) is 48.0. The SMILES string of the molecule is Cc1cc(C)nc(C)c1.Cc1cc(C)nc(C)n1.Cc1ccc2cc(C)ncc2c1.Cc1ccc2nc(C)cc(C)c2c1.Cc1ccc2nc(C)nc(C)c2c1.Cc1ccc2oc3ccc(C)cc3c2c1.Cc1cccc(C)n1.Cc1nc(C)nc(C)n1. The Kier molecular flexibility index (Phi) is 24.4. The normalized spacial score (nSPS) is 10.3. The lowest BCUT2D eigenvalue weighted by molar-refractivity contribution is 0.668. The summed E-state index contributed by atoms with van der Waals surface area (Å²) in [4.78, 5) is 46.1. The predicted molar refractivity (Wildman–Crippen MR) is 367 cm³/mol. The highest BCUT2D eigenvalue weighted by Crippen LogP contribution is 2.30. The third-order valence-corrected chi connectivity index (χ3v) is 13.6. The van der Waals surface area contributed by atoms with Crippen LogP contribution in [0.4, 0.5) is 0 Å². The summed E-state index contributed by atoms with van der Waals surface area (Å²) in [5.41, 5.74) is 22.8. The van der Waals surface area contributed by atoms with Crippen molar-refractivity contribution in [3.63, 3.8) is 0 Å². The minimum absolute atomic E-state index is 0.792. The molecule has 452 valence electrons. The fourth-order valence-corrected chi connectivity index (χ4v) is 9.99. The van der Waals surface area contributed by atoms with Gasteiger partial charge in [-0.1, -0.05) is 70.3 Å². The number of hydrogen-bond acceptors (Lipinski definition) is 12. The first-order valence-corrected chi connectivity index (χ1v) is 29.7. The monoisotopic (exact) mass is 1170 g/mol. The van der Waals surface area contributed by atoms with E-state index in [-0.39, 0.29) is 0 Å². The Morgan fingerprint density at radius 1 is 0.250 bits per heavy atom. The van der Waals surface area contributed by atoms with Gasteiger partial charge in [-0.15, -0.1) is 0 Å². The van der Waals surface area contributed by atoms with E-state index in [1.165, 1.54) is 65.9 Å². The van der Waals surface area contributed by atoms with E-state index >= 15 is 0 Å². The zero-order valence-corrected chi connectivity index (χ0v) is 55.7. The van der Waals surface area contributed by atoms with Crippen LogP contribution in [0.5, 0.6) is 0 Å². The fourth-order valence-electron chi connectivity index (χ4n) is 9.99. The minimum Gasteiger partial charge on any atom is -0.456 e. The zero-order chi connectivity index (χ0) is 64.4. The number of hydrogen-bond donors (Lipinski definition) is 0. The maximum absolute atomic E-state index is 5.76. The van der Waals surface area contributed by atoms with Crippen molar-refractivity contribution in [2.45, 2.75) is 145 Å². The van der Waals surface area contributed by atoms with Gasteiger partial charge in [0.15, 0.2) is 0 Å². The standard InChI is InChI=1S/C14H12O.C12H13N.C11H12N2.C11H11N.C8H11N.C7H10N2.C7H9N.C6H9N3/c1-9-3-5-13-11(7-9)12-8-10(2)4-6-14(12)15-13;1-8-4-5-12-11(6-8)9(2)7-10(3)13-12;1-7-4-5-11-10(6-7)8(2)12-9(3)13-11;1-8-3-4-10-6-9(2)12-7-11(10)5-8;1-6-4-7(2)9-8(3)5-6;1-5-4-6(2)9-7(3)8-5;1-6-4-3-5-7(2)8-6;1-4-7-5(2)9-6(3)8-4/h3-8H,1-2H3;4-7H,1-3H3;4-6H,1-3H3;3-7H,1-2H3;4-5H,1-3H3;4H,1-3H3;3-5H,1-2H3;1-3H3. The summed E-state index contributed by atoms with van der Waals surface area (Å²) in [5, 5.41) is 7.35. The van der Waals surface area contributed by atoms with E-state index < -0.39 is 0 Å². The molecule has 0 aliphatic heterocycles. The van der Waals surface area contributed by atoms with E-state index in [0.29, 0.717) is 0 Å². The second-order valence-electron chi connectivity index (χ2n) is 22.8. The second-order valence-corrected chi connectivity index (χ2v) is 22.8. The molecule has 0 N–H and O–H groups in total. The zero-order valence-electron chi connectivity index (χ0n) is 55.7. The molecule has 13 aromatic rings. The molecule has 0 saturated heterocycles. The Hall–Kier alpha value is -9.55. The average molecular weight is 1170 g/mol. The van der Waals surface area contributed by atoms with E-state index in [2.05, 4.69) is 200 Å². The van der Waals surface area contributed by atoms with Crippen LogP contribution in [-0.4, -0.2) is 54.8 Å². The molecule has 12 heteroatoms. The first-order chi connectivity index (χ1) is 41.7. The first kappa shape index (κ1) is 67.6. The van der Waals surface area contributed by atoms with Crippen molar-refractivity contribution >= 4 is 54.5 Å².